The molecule has 0 radical (unpaired) electrons. The minimum absolute atomic E-state index is 0.338. The molecule has 1 aliphatic heterocycles. The largest absolute Gasteiger partial charge is 0.350 e. The molecular weight excluding hydrogens is 362 g/mol. The van der Waals surface area contributed by atoms with Gasteiger partial charge in [0, 0.05) is 57.4 Å². The van der Waals surface area contributed by atoms with Crippen LogP contribution in [0.15, 0.2) is 61.1 Å². The van der Waals surface area contributed by atoms with Crippen LogP contribution >= 0.6 is 0 Å². The van der Waals surface area contributed by atoms with E-state index < -0.39 is 0 Å². The fraction of sp³-hybridized carbons (Fsp3) is 0.364. The highest BCUT2D eigenvalue weighted by Crippen LogP contribution is 2.21. The molecule has 0 saturated carbocycles. The summed E-state index contributed by atoms with van der Waals surface area (Å²) >= 11 is 0. The predicted octanol–water partition coefficient (Wildman–Crippen LogP) is 3.01. The summed E-state index contributed by atoms with van der Waals surface area (Å²) in [5.74, 6) is 2.54. The molecule has 4 rings (SSSR count). The van der Waals surface area contributed by atoms with Crippen LogP contribution in [-0.2, 0) is 6.54 Å². The molecule has 3 heterocycles. The fourth-order valence-electron chi connectivity index (χ4n) is 3.52. The van der Waals surface area contributed by atoms with E-state index in [1.54, 1.807) is 12.4 Å². The number of piperazine rings is 1. The lowest BCUT2D eigenvalue weighted by Gasteiger charge is -2.35. The highest BCUT2D eigenvalue weighted by molar-refractivity contribution is 5.46. The molecule has 0 bridgehead atoms. The van der Waals surface area contributed by atoms with Gasteiger partial charge in [0.1, 0.15) is 5.82 Å². The summed E-state index contributed by atoms with van der Waals surface area (Å²) in [6, 6.07) is 14.7. The number of hydrogen-bond donors (Lipinski definition) is 0. The average Bonchev–Trinajstić information content (AvgIpc) is 2.79. The molecule has 7 nitrogen and oxygen atoms in total. The maximum absolute atomic E-state index is 4.90. The maximum atomic E-state index is 4.90. The van der Waals surface area contributed by atoms with E-state index in [0.717, 1.165) is 50.4 Å². The normalized spacial score (nSPS) is 14.3. The summed E-state index contributed by atoms with van der Waals surface area (Å²) in [6.45, 7) is 8.63. The van der Waals surface area contributed by atoms with Gasteiger partial charge in [0.15, 0.2) is 0 Å². The van der Waals surface area contributed by atoms with Gasteiger partial charge in [0.2, 0.25) is 11.9 Å². The number of rotatable bonds is 6. The van der Waals surface area contributed by atoms with Crippen molar-refractivity contribution < 1.29 is 0 Å². The first-order valence-electron chi connectivity index (χ1n) is 10.1. The van der Waals surface area contributed by atoms with Crippen molar-refractivity contribution in [2.75, 3.05) is 40.9 Å². The van der Waals surface area contributed by atoms with Gasteiger partial charge in [-0.15, -0.1) is 0 Å². The van der Waals surface area contributed by atoms with Gasteiger partial charge in [-0.1, -0.05) is 30.3 Å². The van der Waals surface area contributed by atoms with E-state index in [2.05, 4.69) is 67.8 Å². The number of anilines is 3. The monoisotopic (exact) mass is 389 g/mol. The van der Waals surface area contributed by atoms with Crippen molar-refractivity contribution >= 4 is 17.7 Å². The third-order valence-electron chi connectivity index (χ3n) is 5.14. The van der Waals surface area contributed by atoms with Gasteiger partial charge < -0.3 is 14.7 Å². The van der Waals surface area contributed by atoms with E-state index >= 15 is 0 Å². The Morgan fingerprint density at radius 2 is 1.41 bits per heavy atom. The maximum Gasteiger partial charge on any atom is 0.227 e. The van der Waals surface area contributed by atoms with E-state index in [1.165, 1.54) is 5.56 Å². The van der Waals surface area contributed by atoms with Crippen molar-refractivity contribution in [3.63, 3.8) is 0 Å². The Kier molecular flexibility index (Phi) is 5.84. The second kappa shape index (κ2) is 8.86. The van der Waals surface area contributed by atoms with Crippen molar-refractivity contribution in [2.45, 2.75) is 26.4 Å². The predicted molar refractivity (Wildman–Crippen MR) is 116 cm³/mol. The average molecular weight is 390 g/mol. The van der Waals surface area contributed by atoms with E-state index in [9.17, 15) is 0 Å². The van der Waals surface area contributed by atoms with Gasteiger partial charge in [-0.2, -0.15) is 4.98 Å². The molecule has 29 heavy (non-hydrogen) atoms. The third kappa shape index (κ3) is 4.62. The van der Waals surface area contributed by atoms with Crippen LogP contribution in [0.25, 0.3) is 0 Å². The van der Waals surface area contributed by atoms with E-state index in [4.69, 9.17) is 4.98 Å². The minimum atomic E-state index is 0.338. The molecule has 1 fully saturated rings. The van der Waals surface area contributed by atoms with Gasteiger partial charge >= 0.3 is 0 Å². The summed E-state index contributed by atoms with van der Waals surface area (Å²) in [5.41, 5.74) is 1.28. The second-order valence-corrected chi connectivity index (χ2v) is 7.44. The Hall–Kier alpha value is -3.22. The van der Waals surface area contributed by atoms with Crippen molar-refractivity contribution in [2.24, 2.45) is 0 Å². The number of aromatic nitrogens is 4. The quantitative estimate of drug-likeness (QED) is 0.642. The molecule has 1 aromatic carbocycles. The Morgan fingerprint density at radius 3 is 2.07 bits per heavy atom. The first-order chi connectivity index (χ1) is 14.2. The Labute approximate surface area is 172 Å². The van der Waals surface area contributed by atoms with Crippen LogP contribution in [0.1, 0.15) is 19.4 Å². The van der Waals surface area contributed by atoms with Crippen molar-refractivity contribution in [1.29, 1.82) is 0 Å². The molecule has 0 unspecified atom stereocenters. The molecule has 2 aromatic heterocycles. The lowest BCUT2D eigenvalue weighted by atomic mass is 10.2. The number of nitrogens with zero attached hydrogens (tertiary/aromatic N) is 7. The van der Waals surface area contributed by atoms with Gasteiger partial charge in [0.25, 0.3) is 0 Å². The van der Waals surface area contributed by atoms with Crippen LogP contribution < -0.4 is 14.7 Å². The summed E-state index contributed by atoms with van der Waals surface area (Å²) in [7, 11) is 0. The number of benzene rings is 1. The van der Waals surface area contributed by atoms with E-state index in [1.807, 2.05) is 24.4 Å². The summed E-state index contributed by atoms with van der Waals surface area (Å²) < 4.78 is 0. The molecule has 7 heteroatoms. The highest BCUT2D eigenvalue weighted by Gasteiger charge is 2.22. The van der Waals surface area contributed by atoms with Crippen LogP contribution in [0.5, 0.6) is 0 Å². The molecule has 0 amide bonds. The molecule has 0 spiro atoms. The Morgan fingerprint density at radius 1 is 0.793 bits per heavy atom. The number of hydrogen-bond acceptors (Lipinski definition) is 7. The zero-order valence-electron chi connectivity index (χ0n) is 17.0. The first-order valence-corrected chi connectivity index (χ1v) is 10.1. The van der Waals surface area contributed by atoms with Crippen LogP contribution in [-0.4, -0.2) is 52.2 Å². The van der Waals surface area contributed by atoms with Crippen LogP contribution in [0, 0.1) is 0 Å². The minimum Gasteiger partial charge on any atom is -0.350 e. The van der Waals surface area contributed by atoms with Crippen molar-refractivity contribution in [3.8, 4) is 0 Å². The third-order valence-corrected chi connectivity index (χ3v) is 5.14. The lowest BCUT2D eigenvalue weighted by molar-refractivity contribution is 0.623. The molecular formula is C22H27N7. The summed E-state index contributed by atoms with van der Waals surface area (Å²) in [5, 5.41) is 0. The first kappa shape index (κ1) is 19.1. The zero-order valence-corrected chi connectivity index (χ0v) is 17.0. The smallest absolute Gasteiger partial charge is 0.227 e. The van der Waals surface area contributed by atoms with Gasteiger partial charge in [-0.25, -0.2) is 15.0 Å². The molecule has 0 N–H and O–H groups in total. The van der Waals surface area contributed by atoms with E-state index in [0.29, 0.717) is 6.04 Å². The van der Waals surface area contributed by atoms with Gasteiger partial charge in [-0.3, -0.25) is 0 Å². The van der Waals surface area contributed by atoms with Crippen LogP contribution in [0.3, 0.4) is 0 Å². The van der Waals surface area contributed by atoms with Gasteiger partial charge in [0.05, 0.1) is 0 Å². The van der Waals surface area contributed by atoms with Crippen molar-refractivity contribution in [1.82, 2.24) is 19.9 Å². The Balaban J connectivity index is 1.47. The molecule has 1 saturated heterocycles. The fourth-order valence-corrected chi connectivity index (χ4v) is 3.52. The zero-order chi connectivity index (χ0) is 20.1. The van der Waals surface area contributed by atoms with E-state index in [-0.39, 0.29) is 0 Å². The summed E-state index contributed by atoms with van der Waals surface area (Å²) in [6.07, 6.45) is 5.44. The van der Waals surface area contributed by atoms with Crippen molar-refractivity contribution in [3.05, 3.63) is 66.6 Å². The van der Waals surface area contributed by atoms with Crippen LogP contribution in [0.4, 0.5) is 17.7 Å². The topological polar surface area (TPSA) is 61.3 Å². The molecule has 0 atom stereocenters. The van der Waals surface area contributed by atoms with Gasteiger partial charge in [-0.05, 0) is 31.5 Å². The summed E-state index contributed by atoms with van der Waals surface area (Å²) in [4.78, 5) is 24.9. The molecule has 0 aliphatic carbocycles. The molecule has 3 aromatic rings. The van der Waals surface area contributed by atoms with Crippen LogP contribution in [0.2, 0.25) is 0 Å². The highest BCUT2D eigenvalue weighted by atomic mass is 15.4. The second-order valence-electron chi connectivity index (χ2n) is 7.44. The lowest BCUT2D eigenvalue weighted by Crippen LogP contribution is -2.47. The Bertz CT molecular complexity index is 893. The SMILES string of the molecule is CC(C)N(Cc1ccccc1)c1ccnc(N2CCN(c3ncccn3)CC2)n1. The standard InChI is InChI=1S/C22H27N7/c1-18(2)29(17-19-7-4-3-5-8-19)20-9-12-25-22(26-20)28-15-13-27(14-16-28)21-23-10-6-11-24-21/h3-12,18H,13-17H2,1-2H3. The molecule has 1 aliphatic rings. The molecule has 150 valence electrons.